The van der Waals surface area contributed by atoms with E-state index in [9.17, 15) is 19.0 Å². The summed E-state index contributed by atoms with van der Waals surface area (Å²) in [6.07, 6.45) is 7.30. The predicted molar refractivity (Wildman–Crippen MR) is 95.3 cm³/mol. The molecule has 1 aliphatic heterocycles. The fraction of sp³-hybridized carbons (Fsp3) is 0.875. The number of amides is 1. The number of aliphatic carboxylic acids is 1. The Morgan fingerprint density at radius 2 is 1.81 bits per heavy atom. The third-order valence-electron chi connectivity index (χ3n) is 4.40. The Morgan fingerprint density at radius 3 is 2.38 bits per heavy atom. The van der Waals surface area contributed by atoms with Gasteiger partial charge in [0.15, 0.2) is 0 Å². The number of carboxylic acid groups (broad SMARTS) is 1. The molecule has 1 rings (SSSR count). The summed E-state index contributed by atoms with van der Waals surface area (Å²) in [6, 6.07) is -1.68. The van der Waals surface area contributed by atoms with Crippen molar-refractivity contribution in [3.05, 3.63) is 0 Å². The number of carboxylic acids is 1. The van der Waals surface area contributed by atoms with E-state index in [0.717, 1.165) is 25.7 Å². The molecule has 1 unspecified atom stereocenters. The minimum atomic E-state index is -3.59. The molecule has 1 amide bonds. The van der Waals surface area contributed by atoms with Crippen molar-refractivity contribution in [1.29, 1.82) is 0 Å². The maximum Gasteiger partial charge on any atom is 1.00 e. The van der Waals surface area contributed by atoms with Crippen LogP contribution in [0.3, 0.4) is 0 Å². The number of rotatable bonds is 11. The van der Waals surface area contributed by atoms with Crippen LogP contribution in [0, 0.1) is 0 Å². The average Bonchev–Trinajstić information content (AvgIpc) is 2.99. The number of unbranched alkanes of at least 4 members (excludes halogenated alkanes) is 5. The first kappa shape index (κ1) is 28.5. The van der Waals surface area contributed by atoms with Crippen LogP contribution in [0.25, 0.3) is 0 Å². The van der Waals surface area contributed by atoms with Crippen LogP contribution in [-0.2, 0) is 14.2 Å². The fourth-order valence-corrected chi connectivity index (χ4v) is 4.56. The summed E-state index contributed by atoms with van der Waals surface area (Å²) in [7, 11) is -3.59. The topological polar surface area (TPSA) is 107 Å². The first-order valence-corrected chi connectivity index (χ1v) is 10.8. The zero-order chi connectivity index (χ0) is 18.2. The van der Waals surface area contributed by atoms with E-state index in [4.69, 9.17) is 5.11 Å². The van der Waals surface area contributed by atoms with Crippen LogP contribution in [-0.4, -0.2) is 51.6 Å². The summed E-state index contributed by atoms with van der Waals surface area (Å²) >= 11 is 0. The normalized spacial score (nSPS) is 19.8. The summed E-state index contributed by atoms with van der Waals surface area (Å²) in [5, 5.41) is 11.7. The molecular weight excluding hydrogens is 345 g/mol. The van der Waals surface area contributed by atoms with Crippen LogP contribution in [0.5, 0.6) is 0 Å². The Kier molecular flexibility index (Phi) is 15.7. The van der Waals surface area contributed by atoms with Crippen molar-refractivity contribution in [3.8, 4) is 0 Å². The molecule has 0 aromatic carbocycles. The molecule has 1 heterocycles. The van der Waals surface area contributed by atoms with Gasteiger partial charge in [-0.15, -0.1) is 0 Å². The first-order chi connectivity index (χ1) is 11.3. The van der Waals surface area contributed by atoms with Gasteiger partial charge < -0.3 is 17.8 Å². The van der Waals surface area contributed by atoms with Gasteiger partial charge in [0.25, 0.3) is 7.52 Å². The Labute approximate surface area is 183 Å². The number of hydrogen-bond donors (Lipinski definition) is 3. The molecule has 3 atom stereocenters. The summed E-state index contributed by atoms with van der Waals surface area (Å²) in [4.78, 5) is 34.8. The summed E-state index contributed by atoms with van der Waals surface area (Å²) in [5.41, 5.74) is 0. The van der Waals surface area contributed by atoms with Crippen LogP contribution >= 0.6 is 7.52 Å². The van der Waals surface area contributed by atoms with Gasteiger partial charge in [-0.2, -0.15) is 0 Å². The molecule has 0 radical (unpaired) electrons. The number of carbonyl (C=O) groups excluding carboxylic acids is 1. The van der Waals surface area contributed by atoms with Crippen molar-refractivity contribution in [2.45, 2.75) is 77.3 Å². The molecule has 0 bridgehead atoms. The maximum absolute atomic E-state index is 12.4. The number of hydrogen-bond acceptors (Lipinski definition) is 3. The van der Waals surface area contributed by atoms with E-state index in [-0.39, 0.29) is 46.7 Å². The largest absolute Gasteiger partial charge is 1.00 e. The van der Waals surface area contributed by atoms with Gasteiger partial charge in [-0.25, -0.2) is 9.88 Å². The molecule has 0 spiro atoms. The van der Waals surface area contributed by atoms with Crippen molar-refractivity contribution in [2.24, 2.45) is 0 Å². The fourth-order valence-electron chi connectivity index (χ4n) is 3.06. The molecule has 0 aromatic heterocycles. The van der Waals surface area contributed by atoms with Crippen molar-refractivity contribution < 1.29 is 64.7 Å². The molecule has 1 fully saturated rings. The number of nitrogens with zero attached hydrogens (tertiary/aromatic N) is 1. The second kappa shape index (κ2) is 14.3. The molecule has 0 aliphatic carbocycles. The van der Waals surface area contributed by atoms with Crippen molar-refractivity contribution in [1.82, 2.24) is 9.99 Å². The van der Waals surface area contributed by atoms with Gasteiger partial charge in [0.05, 0.1) is 6.04 Å². The monoisotopic (exact) mass is 378 g/mol. The second-order valence-electron chi connectivity index (χ2n) is 6.57. The van der Waals surface area contributed by atoms with E-state index in [1.165, 1.54) is 18.2 Å². The molecular formula is C16H33Li2N2O5P. The Hall–Kier alpha value is 0.285. The van der Waals surface area contributed by atoms with Gasteiger partial charge in [0, 0.05) is 12.7 Å². The molecule has 0 saturated carbocycles. The molecule has 26 heavy (non-hydrogen) atoms. The van der Waals surface area contributed by atoms with Gasteiger partial charge in [-0.3, -0.25) is 9.36 Å². The number of likely N-dealkylation sites (tertiary alicyclic amines) is 1. The second-order valence-corrected chi connectivity index (χ2v) is 8.68. The quantitative estimate of drug-likeness (QED) is 0.199. The van der Waals surface area contributed by atoms with E-state index >= 15 is 0 Å². The molecule has 0 aromatic rings. The zero-order valence-corrected chi connectivity index (χ0v) is 17.6. The third kappa shape index (κ3) is 10.0. The first-order valence-electron chi connectivity index (χ1n) is 8.91. The van der Waals surface area contributed by atoms with Crippen LogP contribution in [0.2, 0.25) is 0 Å². The van der Waals surface area contributed by atoms with E-state index in [1.807, 2.05) is 0 Å². The Morgan fingerprint density at radius 1 is 1.23 bits per heavy atom. The van der Waals surface area contributed by atoms with Gasteiger partial charge in [-0.1, -0.05) is 39.0 Å². The number of nitrogens with one attached hydrogen (secondary N) is 1. The van der Waals surface area contributed by atoms with E-state index < -0.39 is 31.5 Å². The predicted octanol–water partition coefficient (Wildman–Crippen LogP) is -3.18. The number of carbonyl (C=O) groups is 2. The third-order valence-corrected chi connectivity index (χ3v) is 6.11. The van der Waals surface area contributed by atoms with Gasteiger partial charge in [0.1, 0.15) is 6.04 Å². The molecule has 10 heteroatoms. The van der Waals surface area contributed by atoms with Crippen LogP contribution < -0.4 is 42.8 Å². The van der Waals surface area contributed by atoms with Crippen LogP contribution in [0.15, 0.2) is 0 Å². The molecule has 3 N–H and O–H groups in total. The summed E-state index contributed by atoms with van der Waals surface area (Å²) in [6.45, 7) is 4.04. The maximum atomic E-state index is 12.4. The van der Waals surface area contributed by atoms with Gasteiger partial charge >= 0.3 is 43.7 Å². The van der Waals surface area contributed by atoms with E-state index in [0.29, 0.717) is 25.8 Å². The van der Waals surface area contributed by atoms with E-state index in [1.54, 1.807) is 0 Å². The smallest absolute Gasteiger partial charge is 1.00 e. The van der Waals surface area contributed by atoms with Crippen molar-refractivity contribution in [3.63, 3.8) is 0 Å². The Balaban J connectivity index is -0.000000720. The minimum absolute atomic E-state index is 0. The molecule has 1 aliphatic rings. The average molecular weight is 378 g/mol. The Bertz CT molecular complexity index is 492. The molecule has 1 saturated heterocycles. The van der Waals surface area contributed by atoms with Crippen molar-refractivity contribution >= 4 is 19.4 Å². The zero-order valence-electron chi connectivity index (χ0n) is 18.7. The van der Waals surface area contributed by atoms with Gasteiger partial charge in [0.2, 0.25) is 5.91 Å². The summed E-state index contributed by atoms with van der Waals surface area (Å²) < 4.78 is 12.2. The van der Waals surface area contributed by atoms with Gasteiger partial charge in [-0.05, 0) is 26.2 Å². The molecule has 7 nitrogen and oxygen atoms in total. The summed E-state index contributed by atoms with van der Waals surface area (Å²) in [5.74, 6) is -1.44. The minimum Gasteiger partial charge on any atom is -1.00 e. The van der Waals surface area contributed by atoms with Crippen LogP contribution in [0.4, 0.5) is 0 Å². The SMILES string of the molecule is CCCCCCCCP(=O)(O)N[C@@H](C)C(=O)N1CCC[C@H]1C(=O)O.[H-].[H-].[Li+].[Li+]. The van der Waals surface area contributed by atoms with E-state index in [2.05, 4.69) is 12.0 Å². The standard InChI is InChI=1S/C16H31N2O5P.2Li.2H/c1-3-4-5-6-7-8-12-24(22,23)17-13(2)15(19)18-11-9-10-14(18)16(20)21;;;;/h13-14H,3-12H2,1-2H3,(H,20,21)(H2,17,22,23);;;;/q;2*+1;2*-1/t13-,14-;;;;/m0..../s1. The molecule has 144 valence electrons. The van der Waals surface area contributed by atoms with Crippen molar-refractivity contribution in [2.75, 3.05) is 12.7 Å². The van der Waals surface area contributed by atoms with Crippen LogP contribution in [0.1, 0.15) is 68.1 Å².